The van der Waals surface area contributed by atoms with Crippen molar-refractivity contribution in [1.29, 1.82) is 0 Å². The van der Waals surface area contributed by atoms with E-state index in [1.165, 1.54) is 6.92 Å². The van der Waals surface area contributed by atoms with Crippen LogP contribution in [0.2, 0.25) is 0 Å². The van der Waals surface area contributed by atoms with Gasteiger partial charge in [-0.1, -0.05) is 6.07 Å². The van der Waals surface area contributed by atoms with Gasteiger partial charge in [-0.3, -0.25) is 9.78 Å². The van der Waals surface area contributed by atoms with Gasteiger partial charge >= 0.3 is 0 Å². The lowest BCUT2D eigenvalue weighted by Gasteiger charge is -2.14. The van der Waals surface area contributed by atoms with E-state index in [-0.39, 0.29) is 18.6 Å². The van der Waals surface area contributed by atoms with Crippen LogP contribution in [-0.2, 0) is 4.79 Å². The quantitative estimate of drug-likeness (QED) is 0.500. The zero-order valence-corrected chi connectivity index (χ0v) is 15.7. The summed E-state index contributed by atoms with van der Waals surface area (Å²) in [7, 11) is 0. The standard InChI is InChI=1S/C20H22N6O2/c1-13(12-27)22-20-25-18(17-5-3-4-10-21-17)11-19(26-20)24-16-8-6-15(7-9-16)23-14(2)28/h3-11,13,27H,12H2,1-2H3,(H,23,28)(H2,22,24,25,26)/t13-/m0/s1. The lowest BCUT2D eigenvalue weighted by molar-refractivity contribution is -0.114. The predicted octanol–water partition coefficient (Wildman–Crippen LogP) is 3.03. The van der Waals surface area contributed by atoms with Crippen LogP contribution in [0.5, 0.6) is 0 Å². The van der Waals surface area contributed by atoms with Gasteiger partial charge in [0.2, 0.25) is 11.9 Å². The number of nitrogens with zero attached hydrogens (tertiary/aromatic N) is 3. The van der Waals surface area contributed by atoms with Crippen molar-refractivity contribution in [2.24, 2.45) is 0 Å². The first-order valence-corrected chi connectivity index (χ1v) is 8.86. The highest BCUT2D eigenvalue weighted by Gasteiger charge is 2.10. The number of carbonyl (C=O) groups is 1. The highest BCUT2D eigenvalue weighted by molar-refractivity contribution is 5.88. The molecular formula is C20H22N6O2. The number of hydrogen-bond donors (Lipinski definition) is 4. The van der Waals surface area contributed by atoms with Gasteiger partial charge in [-0.2, -0.15) is 4.98 Å². The maximum atomic E-state index is 11.1. The van der Waals surface area contributed by atoms with Crippen molar-refractivity contribution in [3.05, 3.63) is 54.7 Å². The average Bonchev–Trinajstić information content (AvgIpc) is 2.69. The van der Waals surface area contributed by atoms with Gasteiger partial charge in [0.05, 0.1) is 18.0 Å². The number of nitrogens with one attached hydrogen (secondary N) is 3. The first-order valence-electron chi connectivity index (χ1n) is 8.86. The molecule has 0 aliphatic rings. The van der Waals surface area contributed by atoms with Crippen molar-refractivity contribution in [3.8, 4) is 11.4 Å². The Morgan fingerprint density at radius 1 is 1.07 bits per heavy atom. The second-order valence-electron chi connectivity index (χ2n) is 6.29. The molecule has 0 spiro atoms. The maximum absolute atomic E-state index is 11.1. The Morgan fingerprint density at radius 3 is 2.46 bits per heavy atom. The minimum absolute atomic E-state index is 0.0372. The second-order valence-corrected chi connectivity index (χ2v) is 6.29. The normalized spacial score (nSPS) is 11.5. The molecule has 144 valence electrons. The summed E-state index contributed by atoms with van der Waals surface area (Å²) in [5, 5.41) is 18.3. The van der Waals surface area contributed by atoms with Gasteiger partial charge in [0.1, 0.15) is 5.82 Å². The van der Waals surface area contributed by atoms with E-state index in [2.05, 4.69) is 30.9 Å². The molecule has 1 aromatic carbocycles. The van der Waals surface area contributed by atoms with E-state index in [0.717, 1.165) is 5.69 Å². The number of aromatic nitrogens is 3. The van der Waals surface area contributed by atoms with Gasteiger partial charge in [0, 0.05) is 36.6 Å². The van der Waals surface area contributed by atoms with Gasteiger partial charge in [0.15, 0.2) is 0 Å². The third kappa shape index (κ3) is 5.24. The average molecular weight is 378 g/mol. The molecule has 2 aromatic heterocycles. The Morgan fingerprint density at radius 2 is 1.82 bits per heavy atom. The maximum Gasteiger partial charge on any atom is 0.225 e. The third-order valence-corrected chi connectivity index (χ3v) is 3.78. The van der Waals surface area contributed by atoms with Crippen molar-refractivity contribution in [3.63, 3.8) is 0 Å². The fraction of sp³-hybridized carbons (Fsp3) is 0.200. The summed E-state index contributed by atoms with van der Waals surface area (Å²) in [6.07, 6.45) is 1.70. The van der Waals surface area contributed by atoms with E-state index in [4.69, 9.17) is 0 Å². The fourth-order valence-corrected chi connectivity index (χ4v) is 2.48. The summed E-state index contributed by atoms with van der Waals surface area (Å²) >= 11 is 0. The van der Waals surface area contributed by atoms with E-state index in [9.17, 15) is 9.90 Å². The SMILES string of the molecule is CC(=O)Nc1ccc(Nc2cc(-c3ccccn3)nc(N[C@@H](C)CO)n2)cc1. The summed E-state index contributed by atoms with van der Waals surface area (Å²) in [4.78, 5) is 24.4. The molecule has 0 fully saturated rings. The van der Waals surface area contributed by atoms with Crippen LogP contribution in [0.25, 0.3) is 11.4 Å². The Hall–Kier alpha value is -3.52. The molecule has 1 atom stereocenters. The molecule has 4 N–H and O–H groups in total. The Balaban J connectivity index is 1.88. The van der Waals surface area contributed by atoms with E-state index in [0.29, 0.717) is 28.8 Å². The summed E-state index contributed by atoms with van der Waals surface area (Å²) in [6.45, 7) is 3.27. The predicted molar refractivity (Wildman–Crippen MR) is 109 cm³/mol. The topological polar surface area (TPSA) is 112 Å². The fourth-order valence-electron chi connectivity index (χ4n) is 2.48. The summed E-state index contributed by atoms with van der Waals surface area (Å²) < 4.78 is 0. The van der Waals surface area contributed by atoms with Gasteiger partial charge in [0.25, 0.3) is 0 Å². The molecule has 8 nitrogen and oxygen atoms in total. The molecule has 1 amide bonds. The molecule has 28 heavy (non-hydrogen) atoms. The molecule has 3 rings (SSSR count). The first kappa shape index (κ1) is 19.2. The molecule has 0 aliphatic carbocycles. The smallest absolute Gasteiger partial charge is 0.225 e. The van der Waals surface area contributed by atoms with Crippen molar-refractivity contribution in [1.82, 2.24) is 15.0 Å². The number of carbonyl (C=O) groups excluding carboxylic acids is 1. The van der Waals surface area contributed by atoms with Crippen LogP contribution in [0.4, 0.5) is 23.1 Å². The van der Waals surface area contributed by atoms with Gasteiger partial charge in [-0.05, 0) is 43.3 Å². The number of benzene rings is 1. The molecule has 0 saturated heterocycles. The van der Waals surface area contributed by atoms with Crippen LogP contribution >= 0.6 is 0 Å². The lowest BCUT2D eigenvalue weighted by atomic mass is 10.2. The molecule has 0 saturated carbocycles. The molecule has 0 bridgehead atoms. The van der Waals surface area contributed by atoms with Crippen LogP contribution in [0.1, 0.15) is 13.8 Å². The van der Waals surface area contributed by atoms with Crippen LogP contribution in [0.3, 0.4) is 0 Å². The largest absolute Gasteiger partial charge is 0.394 e. The number of amides is 1. The third-order valence-electron chi connectivity index (χ3n) is 3.78. The number of aliphatic hydroxyl groups excluding tert-OH is 1. The zero-order chi connectivity index (χ0) is 19.9. The minimum atomic E-state index is -0.191. The number of anilines is 4. The number of aliphatic hydroxyl groups is 1. The van der Waals surface area contributed by atoms with Gasteiger partial charge in [-0.15, -0.1) is 0 Å². The van der Waals surface area contributed by atoms with Gasteiger partial charge in [-0.25, -0.2) is 4.98 Å². The van der Waals surface area contributed by atoms with Crippen LogP contribution in [-0.4, -0.2) is 38.6 Å². The Labute approximate surface area is 163 Å². The summed E-state index contributed by atoms with van der Waals surface area (Å²) in [6, 6.07) is 14.5. The summed E-state index contributed by atoms with van der Waals surface area (Å²) in [5.41, 5.74) is 2.89. The van der Waals surface area contributed by atoms with Crippen molar-refractivity contribution < 1.29 is 9.90 Å². The molecular weight excluding hydrogens is 356 g/mol. The first-order chi connectivity index (χ1) is 13.5. The minimum Gasteiger partial charge on any atom is -0.394 e. The van der Waals surface area contributed by atoms with Crippen molar-refractivity contribution in [2.75, 3.05) is 22.6 Å². The number of pyridine rings is 1. The molecule has 0 aliphatic heterocycles. The van der Waals surface area contributed by atoms with Crippen molar-refractivity contribution >= 4 is 29.0 Å². The summed E-state index contributed by atoms with van der Waals surface area (Å²) in [5.74, 6) is 0.850. The monoisotopic (exact) mass is 378 g/mol. The van der Waals surface area contributed by atoms with E-state index in [1.54, 1.807) is 24.4 Å². The van der Waals surface area contributed by atoms with E-state index >= 15 is 0 Å². The highest BCUT2D eigenvalue weighted by atomic mass is 16.3. The molecule has 0 unspecified atom stereocenters. The number of hydrogen-bond acceptors (Lipinski definition) is 7. The van der Waals surface area contributed by atoms with E-state index in [1.807, 2.05) is 37.3 Å². The highest BCUT2D eigenvalue weighted by Crippen LogP contribution is 2.23. The van der Waals surface area contributed by atoms with Gasteiger partial charge < -0.3 is 21.1 Å². The molecule has 2 heterocycles. The Kier molecular flexibility index (Phi) is 6.13. The second kappa shape index (κ2) is 8.92. The number of rotatable bonds is 7. The lowest BCUT2D eigenvalue weighted by Crippen LogP contribution is -2.21. The van der Waals surface area contributed by atoms with Crippen LogP contribution < -0.4 is 16.0 Å². The molecule has 0 radical (unpaired) electrons. The van der Waals surface area contributed by atoms with Crippen molar-refractivity contribution in [2.45, 2.75) is 19.9 Å². The Bertz CT molecular complexity index is 931. The zero-order valence-electron chi connectivity index (χ0n) is 15.7. The van der Waals surface area contributed by atoms with E-state index < -0.39 is 0 Å². The molecule has 3 aromatic rings. The van der Waals surface area contributed by atoms with Crippen LogP contribution in [0, 0.1) is 0 Å². The molecule has 8 heteroatoms. The van der Waals surface area contributed by atoms with Crippen LogP contribution in [0.15, 0.2) is 54.7 Å².